The zero-order valence-electron chi connectivity index (χ0n) is 15.9. The summed E-state index contributed by atoms with van der Waals surface area (Å²) in [6, 6.07) is 7.13. The molecule has 0 spiro atoms. The lowest BCUT2D eigenvalue weighted by atomic mass is 9.90. The maximum atomic E-state index is 12.1. The summed E-state index contributed by atoms with van der Waals surface area (Å²) in [5.41, 5.74) is -0.214. The molecule has 1 saturated heterocycles. The summed E-state index contributed by atoms with van der Waals surface area (Å²) in [4.78, 5) is 23.1. The molecule has 144 valence electrons. The fraction of sp³-hybridized carbons (Fsp3) is 0.450. The fourth-order valence-corrected chi connectivity index (χ4v) is 3.36. The molecule has 1 aromatic heterocycles. The van der Waals surface area contributed by atoms with Crippen molar-refractivity contribution in [2.24, 2.45) is 0 Å². The summed E-state index contributed by atoms with van der Waals surface area (Å²) in [5, 5.41) is 9.91. The number of carboxylic acids is 1. The quantitative estimate of drug-likeness (QED) is 0.836. The van der Waals surface area contributed by atoms with Gasteiger partial charge >= 0.3 is 5.97 Å². The Bertz CT molecular complexity index is 817. The van der Waals surface area contributed by atoms with Crippen LogP contribution in [0.4, 0.5) is 5.82 Å². The molecular weight excluding hydrogens is 346 g/mol. The highest BCUT2D eigenvalue weighted by molar-refractivity contribution is 5.78. The summed E-state index contributed by atoms with van der Waals surface area (Å²) in [6.45, 7) is 5.02. The zero-order chi connectivity index (χ0) is 19.4. The molecular formula is C20H25N3O4. The van der Waals surface area contributed by atoms with Crippen molar-refractivity contribution in [3.05, 3.63) is 41.9 Å². The van der Waals surface area contributed by atoms with Crippen LogP contribution in [0.2, 0.25) is 0 Å². The van der Waals surface area contributed by atoms with Crippen molar-refractivity contribution in [1.82, 2.24) is 9.97 Å². The maximum absolute atomic E-state index is 12.1. The van der Waals surface area contributed by atoms with E-state index in [1.54, 1.807) is 25.3 Å². The number of aryl methyl sites for hydroxylation is 2. The number of hydrogen-bond donors (Lipinski definition) is 1. The second kappa shape index (κ2) is 7.82. The average Bonchev–Trinajstić information content (AvgIpc) is 2.69. The third-order valence-electron chi connectivity index (χ3n) is 4.98. The van der Waals surface area contributed by atoms with Gasteiger partial charge in [0, 0.05) is 37.7 Å². The predicted octanol–water partition coefficient (Wildman–Crippen LogP) is 2.86. The minimum absolute atomic E-state index is 0.354. The van der Waals surface area contributed by atoms with Crippen LogP contribution in [0.3, 0.4) is 0 Å². The number of methoxy groups -OCH3 is 1. The number of aromatic nitrogens is 2. The first-order valence-corrected chi connectivity index (χ1v) is 9.12. The Morgan fingerprint density at radius 1 is 1.26 bits per heavy atom. The van der Waals surface area contributed by atoms with Crippen LogP contribution in [0.1, 0.15) is 31.2 Å². The molecule has 0 unspecified atom stereocenters. The van der Waals surface area contributed by atoms with Crippen molar-refractivity contribution < 1.29 is 19.4 Å². The van der Waals surface area contributed by atoms with Gasteiger partial charge in [0.05, 0.1) is 7.11 Å². The van der Waals surface area contributed by atoms with Crippen LogP contribution in [-0.4, -0.2) is 46.8 Å². The van der Waals surface area contributed by atoms with Crippen LogP contribution >= 0.6 is 0 Å². The normalized spacial score (nSPS) is 16.0. The Hall–Kier alpha value is -2.83. The molecule has 1 N–H and O–H groups in total. The highest BCUT2D eigenvalue weighted by atomic mass is 16.5. The van der Waals surface area contributed by atoms with E-state index < -0.39 is 11.6 Å². The van der Waals surface area contributed by atoms with Gasteiger partial charge in [-0.25, -0.2) is 14.8 Å². The van der Waals surface area contributed by atoms with Gasteiger partial charge in [-0.2, -0.15) is 0 Å². The second-order valence-corrected chi connectivity index (χ2v) is 6.66. The molecule has 0 bridgehead atoms. The van der Waals surface area contributed by atoms with Gasteiger partial charge in [-0.05, 0) is 25.5 Å². The van der Waals surface area contributed by atoms with Crippen LogP contribution in [0.5, 0.6) is 11.5 Å². The molecule has 0 saturated carbocycles. The first-order valence-electron chi connectivity index (χ1n) is 9.12. The molecule has 7 heteroatoms. The highest BCUT2D eigenvalue weighted by Crippen LogP contribution is 2.35. The van der Waals surface area contributed by atoms with Gasteiger partial charge in [0.25, 0.3) is 0 Å². The largest absolute Gasteiger partial charge is 0.493 e. The number of aliphatic carboxylic acids is 1. The van der Waals surface area contributed by atoms with E-state index in [-0.39, 0.29) is 0 Å². The lowest BCUT2D eigenvalue weighted by Crippen LogP contribution is -2.53. The molecule has 7 nitrogen and oxygen atoms in total. The molecule has 1 aromatic carbocycles. The first-order chi connectivity index (χ1) is 13.0. The lowest BCUT2D eigenvalue weighted by molar-refractivity contribution is -0.157. The molecule has 1 fully saturated rings. The number of hydrogen-bond acceptors (Lipinski definition) is 6. The average molecular weight is 371 g/mol. The molecule has 1 aliphatic heterocycles. The number of benzene rings is 1. The van der Waals surface area contributed by atoms with Crippen molar-refractivity contribution in [2.45, 2.75) is 38.7 Å². The number of anilines is 1. The molecule has 0 aliphatic carbocycles. The van der Waals surface area contributed by atoms with Crippen LogP contribution < -0.4 is 14.4 Å². The minimum Gasteiger partial charge on any atom is -0.493 e. The van der Waals surface area contributed by atoms with E-state index in [0.29, 0.717) is 43.3 Å². The van der Waals surface area contributed by atoms with Crippen molar-refractivity contribution in [2.75, 3.05) is 25.1 Å². The summed E-state index contributed by atoms with van der Waals surface area (Å²) in [6.07, 6.45) is 3.38. The topological polar surface area (TPSA) is 84.8 Å². The maximum Gasteiger partial charge on any atom is 0.348 e. The number of rotatable bonds is 6. The standard InChI is InChI=1S/C20H25N3O4/c1-4-15-13-21-14(2)22-18(15)23-11-9-20(10-12-23,19(24)25)27-17-8-6-5-7-16(17)26-3/h5-8,13H,4,9-12H2,1-3H3,(H,24,25). The number of carboxylic acid groups (broad SMARTS) is 1. The van der Waals surface area contributed by atoms with Crippen LogP contribution in [0.15, 0.2) is 30.5 Å². The molecule has 2 aromatic rings. The molecule has 1 aliphatic rings. The molecule has 3 rings (SSSR count). The number of ether oxygens (including phenoxy) is 2. The van der Waals surface area contributed by atoms with Gasteiger partial charge in [-0.1, -0.05) is 19.1 Å². The Labute approximate surface area is 159 Å². The summed E-state index contributed by atoms with van der Waals surface area (Å²) in [7, 11) is 1.54. The first kappa shape index (κ1) is 18.9. The summed E-state index contributed by atoms with van der Waals surface area (Å²) >= 11 is 0. The van der Waals surface area contributed by atoms with Gasteiger partial charge in [-0.3, -0.25) is 0 Å². The van der Waals surface area contributed by atoms with Gasteiger partial charge < -0.3 is 19.5 Å². The Morgan fingerprint density at radius 2 is 1.93 bits per heavy atom. The summed E-state index contributed by atoms with van der Waals surface area (Å²) < 4.78 is 11.3. The molecule has 0 radical (unpaired) electrons. The smallest absolute Gasteiger partial charge is 0.348 e. The van der Waals surface area contributed by atoms with Gasteiger partial charge in [0.2, 0.25) is 5.60 Å². The highest BCUT2D eigenvalue weighted by Gasteiger charge is 2.45. The fourth-order valence-electron chi connectivity index (χ4n) is 3.36. The van der Waals surface area contributed by atoms with Gasteiger partial charge in [0.1, 0.15) is 11.6 Å². The summed E-state index contributed by atoms with van der Waals surface area (Å²) in [5.74, 6) is 1.62. The third-order valence-corrected chi connectivity index (χ3v) is 4.98. The van der Waals surface area contributed by atoms with Gasteiger partial charge in [0.15, 0.2) is 11.5 Å². The predicted molar refractivity (Wildman–Crippen MR) is 102 cm³/mol. The van der Waals surface area contributed by atoms with E-state index in [9.17, 15) is 9.90 Å². The van der Waals surface area contributed by atoms with Crippen molar-refractivity contribution >= 4 is 11.8 Å². The number of piperidine rings is 1. The molecule has 0 atom stereocenters. The van der Waals surface area contributed by atoms with E-state index in [1.807, 2.05) is 19.2 Å². The van der Waals surface area contributed by atoms with E-state index >= 15 is 0 Å². The van der Waals surface area contributed by atoms with Crippen LogP contribution in [-0.2, 0) is 11.2 Å². The van der Waals surface area contributed by atoms with E-state index in [1.165, 1.54) is 0 Å². The minimum atomic E-state index is -1.28. The number of nitrogens with zero attached hydrogens (tertiary/aromatic N) is 3. The van der Waals surface area contributed by atoms with Crippen molar-refractivity contribution in [3.8, 4) is 11.5 Å². The second-order valence-electron chi connectivity index (χ2n) is 6.66. The Morgan fingerprint density at radius 3 is 2.52 bits per heavy atom. The van der Waals surface area contributed by atoms with E-state index in [4.69, 9.17) is 9.47 Å². The van der Waals surface area contributed by atoms with Gasteiger partial charge in [-0.15, -0.1) is 0 Å². The number of carbonyl (C=O) groups is 1. The van der Waals surface area contributed by atoms with E-state index in [0.717, 1.165) is 17.8 Å². The Kier molecular flexibility index (Phi) is 5.48. The third kappa shape index (κ3) is 3.82. The van der Waals surface area contributed by atoms with Crippen LogP contribution in [0.25, 0.3) is 0 Å². The zero-order valence-corrected chi connectivity index (χ0v) is 15.9. The Balaban J connectivity index is 1.82. The monoisotopic (exact) mass is 371 g/mol. The lowest BCUT2D eigenvalue weighted by Gasteiger charge is -2.40. The van der Waals surface area contributed by atoms with Crippen molar-refractivity contribution in [1.29, 1.82) is 0 Å². The van der Waals surface area contributed by atoms with E-state index in [2.05, 4.69) is 21.8 Å². The molecule has 27 heavy (non-hydrogen) atoms. The molecule has 0 amide bonds. The molecule has 2 heterocycles. The SMILES string of the molecule is CCc1cnc(C)nc1N1CCC(Oc2ccccc2OC)(C(=O)O)CC1. The van der Waals surface area contributed by atoms with Crippen LogP contribution in [0, 0.1) is 6.92 Å². The number of para-hydroxylation sites is 2. The van der Waals surface area contributed by atoms with Crippen molar-refractivity contribution in [3.63, 3.8) is 0 Å².